The molecule has 0 saturated heterocycles. The molecule has 2 aromatic heterocycles. The van der Waals surface area contributed by atoms with Gasteiger partial charge in [0.25, 0.3) is 0 Å². The first kappa shape index (κ1) is 32.6. The van der Waals surface area contributed by atoms with Crippen molar-refractivity contribution in [1.82, 2.24) is 19.9 Å². The lowest BCUT2D eigenvalue weighted by atomic mass is 9.97. The van der Waals surface area contributed by atoms with Crippen LogP contribution in [0.5, 0.6) is 0 Å². The van der Waals surface area contributed by atoms with Crippen molar-refractivity contribution in [3.05, 3.63) is 206 Å². The molecular formula is C50H34N4. The van der Waals surface area contributed by atoms with E-state index in [9.17, 15) is 0 Å². The summed E-state index contributed by atoms with van der Waals surface area (Å²) in [4.78, 5) is 20.4. The molecule has 9 aromatic rings. The van der Waals surface area contributed by atoms with Crippen LogP contribution in [0.15, 0.2) is 206 Å². The van der Waals surface area contributed by atoms with Gasteiger partial charge in [0.05, 0.1) is 22.8 Å². The fourth-order valence-corrected chi connectivity index (χ4v) is 6.80. The highest BCUT2D eigenvalue weighted by molar-refractivity contribution is 5.83. The molecule has 4 heteroatoms. The van der Waals surface area contributed by atoms with Crippen LogP contribution < -0.4 is 0 Å². The fourth-order valence-electron chi connectivity index (χ4n) is 6.80. The Morgan fingerprint density at radius 2 is 0.537 bits per heavy atom. The maximum absolute atomic E-state index is 5.23. The van der Waals surface area contributed by atoms with Crippen molar-refractivity contribution >= 4 is 0 Å². The van der Waals surface area contributed by atoms with Gasteiger partial charge < -0.3 is 0 Å². The normalized spacial score (nSPS) is 11.0. The van der Waals surface area contributed by atoms with Gasteiger partial charge in [0.1, 0.15) is 0 Å². The highest BCUT2D eigenvalue weighted by Gasteiger charge is 2.16. The van der Waals surface area contributed by atoms with Gasteiger partial charge in [-0.3, -0.25) is 0 Å². The molecule has 0 radical (unpaired) electrons. The zero-order valence-corrected chi connectivity index (χ0v) is 29.4. The number of benzene rings is 7. The van der Waals surface area contributed by atoms with Crippen molar-refractivity contribution in [2.45, 2.75) is 0 Å². The third-order valence-corrected chi connectivity index (χ3v) is 9.53. The molecule has 0 aliphatic heterocycles. The fraction of sp³-hybridized carbons (Fsp3) is 0. The van der Waals surface area contributed by atoms with Crippen LogP contribution in [0.3, 0.4) is 0 Å². The Morgan fingerprint density at radius 3 is 1.02 bits per heavy atom. The summed E-state index contributed by atoms with van der Waals surface area (Å²) in [7, 11) is 0. The molecule has 0 N–H and O–H groups in total. The van der Waals surface area contributed by atoms with Crippen molar-refractivity contribution < 1.29 is 0 Å². The van der Waals surface area contributed by atoms with Gasteiger partial charge in [0, 0.05) is 33.4 Å². The van der Waals surface area contributed by atoms with E-state index in [0.717, 1.165) is 78.4 Å². The van der Waals surface area contributed by atoms with Crippen LogP contribution in [0.25, 0.3) is 90.1 Å². The van der Waals surface area contributed by atoms with Gasteiger partial charge in [-0.05, 0) is 46.5 Å². The Kier molecular flexibility index (Phi) is 8.90. The van der Waals surface area contributed by atoms with E-state index < -0.39 is 0 Å². The Balaban J connectivity index is 1.14. The minimum absolute atomic E-state index is 0.686. The van der Waals surface area contributed by atoms with Crippen molar-refractivity contribution in [3.63, 3.8) is 0 Å². The predicted octanol–water partition coefficient (Wildman–Crippen LogP) is 12.6. The zero-order valence-electron chi connectivity index (χ0n) is 29.4. The lowest BCUT2D eigenvalue weighted by Crippen LogP contribution is -1.97. The molecule has 4 nitrogen and oxygen atoms in total. The summed E-state index contributed by atoms with van der Waals surface area (Å²) < 4.78 is 0. The van der Waals surface area contributed by atoms with Crippen LogP contribution in [0, 0.1) is 0 Å². The summed E-state index contributed by atoms with van der Waals surface area (Å²) in [5.41, 5.74) is 13.9. The highest BCUT2D eigenvalue weighted by Crippen LogP contribution is 2.35. The van der Waals surface area contributed by atoms with Gasteiger partial charge in [-0.1, -0.05) is 182 Å². The summed E-state index contributed by atoms with van der Waals surface area (Å²) in [6, 6.07) is 70.9. The molecular weight excluding hydrogens is 657 g/mol. The topological polar surface area (TPSA) is 51.6 Å². The van der Waals surface area contributed by atoms with Crippen LogP contribution in [0.4, 0.5) is 0 Å². The van der Waals surface area contributed by atoms with Crippen molar-refractivity contribution in [2.75, 3.05) is 0 Å². The van der Waals surface area contributed by atoms with E-state index in [-0.39, 0.29) is 0 Å². The van der Waals surface area contributed by atoms with Crippen LogP contribution >= 0.6 is 0 Å². The Bertz CT molecular complexity index is 2640. The van der Waals surface area contributed by atoms with Crippen LogP contribution in [-0.4, -0.2) is 19.9 Å². The maximum Gasteiger partial charge on any atom is 0.161 e. The first-order valence-corrected chi connectivity index (χ1v) is 18.1. The van der Waals surface area contributed by atoms with Crippen molar-refractivity contribution in [2.24, 2.45) is 0 Å². The van der Waals surface area contributed by atoms with E-state index >= 15 is 0 Å². The summed E-state index contributed by atoms with van der Waals surface area (Å²) in [6.45, 7) is 0. The molecule has 0 spiro atoms. The largest absolute Gasteiger partial charge is 0.228 e. The third kappa shape index (κ3) is 6.84. The van der Waals surface area contributed by atoms with E-state index in [0.29, 0.717) is 11.6 Å². The summed E-state index contributed by atoms with van der Waals surface area (Å²) in [5, 5.41) is 0. The number of hydrogen-bond acceptors (Lipinski definition) is 4. The first-order valence-electron chi connectivity index (χ1n) is 18.1. The number of aromatic nitrogens is 4. The smallest absolute Gasteiger partial charge is 0.161 e. The molecule has 254 valence electrons. The second-order valence-corrected chi connectivity index (χ2v) is 13.1. The van der Waals surface area contributed by atoms with Gasteiger partial charge in [-0.2, -0.15) is 0 Å². The molecule has 0 saturated carbocycles. The lowest BCUT2D eigenvalue weighted by molar-refractivity contribution is 1.18. The van der Waals surface area contributed by atoms with Gasteiger partial charge in [0.15, 0.2) is 11.6 Å². The quantitative estimate of drug-likeness (QED) is 0.159. The average molecular weight is 691 g/mol. The number of hydrogen-bond donors (Lipinski definition) is 0. The standard InChI is InChI=1S/C50H34N4/c1-5-17-35(18-6-1)43-29-13-14-30-44(43)50-53-46(37-21-9-3-10-22-37)34-48(54-50)42-28-16-26-40(32-42)39-25-15-27-41(31-39)47-33-45(36-19-7-2-8-20-36)51-49(52-47)38-23-11-4-12-24-38/h1-34H. The van der Waals surface area contributed by atoms with Gasteiger partial charge in [0.2, 0.25) is 0 Å². The molecule has 2 heterocycles. The Morgan fingerprint density at radius 1 is 0.204 bits per heavy atom. The Hall–Kier alpha value is -7.30. The third-order valence-electron chi connectivity index (χ3n) is 9.53. The molecule has 0 atom stereocenters. The van der Waals surface area contributed by atoms with Gasteiger partial charge in [-0.15, -0.1) is 0 Å². The lowest BCUT2D eigenvalue weighted by Gasteiger charge is -2.13. The predicted molar refractivity (Wildman–Crippen MR) is 221 cm³/mol. The zero-order chi connectivity index (χ0) is 36.1. The maximum atomic E-state index is 5.23. The minimum atomic E-state index is 0.686. The molecule has 54 heavy (non-hydrogen) atoms. The average Bonchev–Trinajstić information content (AvgIpc) is 3.27. The van der Waals surface area contributed by atoms with Crippen LogP contribution in [0.1, 0.15) is 0 Å². The minimum Gasteiger partial charge on any atom is -0.228 e. The summed E-state index contributed by atoms with van der Waals surface area (Å²) in [6.07, 6.45) is 0. The number of rotatable bonds is 8. The monoisotopic (exact) mass is 690 g/mol. The second-order valence-electron chi connectivity index (χ2n) is 13.1. The van der Waals surface area contributed by atoms with E-state index in [2.05, 4.69) is 146 Å². The second kappa shape index (κ2) is 14.7. The molecule has 0 aliphatic carbocycles. The number of nitrogens with zero attached hydrogens (tertiary/aromatic N) is 4. The molecule has 9 rings (SSSR count). The summed E-state index contributed by atoms with van der Waals surface area (Å²) >= 11 is 0. The SMILES string of the molecule is c1ccc(-c2cc(-c3cccc(-c4cccc(-c5cc(-c6ccccc6)nc(-c6ccccc6-c6ccccc6)n5)c4)c3)nc(-c3ccccc3)n2)cc1. The van der Waals surface area contributed by atoms with Crippen LogP contribution in [0.2, 0.25) is 0 Å². The Labute approximate surface area is 315 Å². The highest BCUT2D eigenvalue weighted by atomic mass is 14.9. The molecule has 0 amide bonds. The van der Waals surface area contributed by atoms with Crippen molar-refractivity contribution in [3.8, 4) is 90.1 Å². The van der Waals surface area contributed by atoms with Crippen molar-refractivity contribution in [1.29, 1.82) is 0 Å². The van der Waals surface area contributed by atoms with E-state index in [1.165, 1.54) is 0 Å². The first-order chi connectivity index (χ1) is 26.7. The van der Waals surface area contributed by atoms with E-state index in [1.54, 1.807) is 0 Å². The molecule has 0 bridgehead atoms. The van der Waals surface area contributed by atoms with Gasteiger partial charge in [-0.25, -0.2) is 19.9 Å². The molecule has 0 fully saturated rings. The van der Waals surface area contributed by atoms with E-state index in [4.69, 9.17) is 19.9 Å². The molecule has 7 aromatic carbocycles. The van der Waals surface area contributed by atoms with E-state index in [1.807, 2.05) is 60.7 Å². The molecule has 0 aliphatic rings. The van der Waals surface area contributed by atoms with Crippen LogP contribution in [-0.2, 0) is 0 Å². The summed E-state index contributed by atoms with van der Waals surface area (Å²) in [5.74, 6) is 1.38. The van der Waals surface area contributed by atoms with Gasteiger partial charge >= 0.3 is 0 Å². The molecule has 0 unspecified atom stereocenters.